The molecule has 0 atom stereocenters. The summed E-state index contributed by atoms with van der Waals surface area (Å²) in [6, 6.07) is 7.65. The summed E-state index contributed by atoms with van der Waals surface area (Å²) >= 11 is 12.1. The number of aromatic nitrogens is 1. The van der Waals surface area contributed by atoms with E-state index in [0.29, 0.717) is 36.2 Å². The van der Waals surface area contributed by atoms with E-state index >= 15 is 0 Å². The molecule has 3 rings (SSSR count). The zero-order valence-corrected chi connectivity index (χ0v) is 15.2. The van der Waals surface area contributed by atoms with Gasteiger partial charge in [0.25, 0.3) is 5.91 Å². The van der Waals surface area contributed by atoms with Gasteiger partial charge in [0, 0.05) is 37.9 Å². The number of carbonyl (C=O) groups is 1. The number of piperazine rings is 1. The van der Waals surface area contributed by atoms with Gasteiger partial charge in [0.1, 0.15) is 5.82 Å². The van der Waals surface area contributed by atoms with Gasteiger partial charge in [0.05, 0.1) is 10.0 Å². The molecule has 2 heterocycles. The van der Waals surface area contributed by atoms with Gasteiger partial charge in [0.2, 0.25) is 0 Å². The molecule has 1 aliphatic heterocycles. The number of anilines is 1. The van der Waals surface area contributed by atoms with Crippen LogP contribution in [-0.4, -0.2) is 42.0 Å². The summed E-state index contributed by atoms with van der Waals surface area (Å²) in [6.45, 7) is 6.71. The Morgan fingerprint density at radius 3 is 2.21 bits per heavy atom. The average molecular weight is 364 g/mol. The Morgan fingerprint density at radius 1 is 1.00 bits per heavy atom. The molecule has 2 aromatic rings. The lowest BCUT2D eigenvalue weighted by Crippen LogP contribution is -2.49. The normalized spacial score (nSPS) is 14.8. The second-order valence-electron chi connectivity index (χ2n) is 6.11. The predicted octanol–water partition coefficient (Wildman–Crippen LogP) is 3.97. The van der Waals surface area contributed by atoms with Gasteiger partial charge in [-0.05, 0) is 32.0 Å². The molecule has 1 fully saturated rings. The fraction of sp³-hybridized carbons (Fsp3) is 0.333. The summed E-state index contributed by atoms with van der Waals surface area (Å²) in [5, 5.41) is 1.06. The molecule has 0 saturated carbocycles. The van der Waals surface area contributed by atoms with Crippen LogP contribution in [0, 0.1) is 13.8 Å². The monoisotopic (exact) mass is 363 g/mol. The van der Waals surface area contributed by atoms with E-state index in [1.807, 2.05) is 30.9 Å². The zero-order chi connectivity index (χ0) is 17.3. The van der Waals surface area contributed by atoms with Gasteiger partial charge in [0.15, 0.2) is 0 Å². The standard InChI is InChI=1S/C18H19Cl2N3O/c1-12-7-13(2)9-14(8-12)18(24)23-5-3-22(4-6-23)17-16(20)10-15(19)11-21-17/h7-11H,3-6H2,1-2H3. The number of halogens is 2. The van der Waals surface area contributed by atoms with E-state index in [1.54, 1.807) is 12.3 Å². The number of carbonyl (C=O) groups excluding carboxylic acids is 1. The molecule has 24 heavy (non-hydrogen) atoms. The summed E-state index contributed by atoms with van der Waals surface area (Å²) < 4.78 is 0. The van der Waals surface area contributed by atoms with Crippen LogP contribution in [0.1, 0.15) is 21.5 Å². The highest BCUT2D eigenvalue weighted by Gasteiger charge is 2.24. The first-order valence-corrected chi connectivity index (χ1v) is 8.63. The van der Waals surface area contributed by atoms with Crippen LogP contribution in [0.15, 0.2) is 30.5 Å². The fourth-order valence-electron chi connectivity index (χ4n) is 3.04. The van der Waals surface area contributed by atoms with E-state index in [2.05, 4.69) is 16.0 Å². The molecule has 1 aliphatic rings. The molecule has 1 aromatic heterocycles. The maximum Gasteiger partial charge on any atom is 0.253 e. The second kappa shape index (κ2) is 6.99. The van der Waals surface area contributed by atoms with Gasteiger partial charge in [-0.25, -0.2) is 4.98 Å². The Morgan fingerprint density at radius 2 is 1.62 bits per heavy atom. The lowest BCUT2D eigenvalue weighted by molar-refractivity contribution is 0.0746. The minimum absolute atomic E-state index is 0.0802. The van der Waals surface area contributed by atoms with E-state index in [1.165, 1.54) is 0 Å². The molecular formula is C18H19Cl2N3O. The lowest BCUT2D eigenvalue weighted by Gasteiger charge is -2.35. The van der Waals surface area contributed by atoms with E-state index in [4.69, 9.17) is 23.2 Å². The van der Waals surface area contributed by atoms with Crippen molar-refractivity contribution in [3.8, 4) is 0 Å². The zero-order valence-electron chi connectivity index (χ0n) is 13.7. The Labute approximate surface area is 152 Å². The number of nitrogens with zero attached hydrogens (tertiary/aromatic N) is 3. The highest BCUT2D eigenvalue weighted by molar-refractivity contribution is 6.36. The molecule has 6 heteroatoms. The summed E-state index contributed by atoms with van der Waals surface area (Å²) in [6.07, 6.45) is 1.59. The maximum absolute atomic E-state index is 12.7. The number of pyridine rings is 1. The van der Waals surface area contributed by atoms with Crippen LogP contribution in [0.5, 0.6) is 0 Å². The van der Waals surface area contributed by atoms with Crippen molar-refractivity contribution in [2.75, 3.05) is 31.1 Å². The first-order chi connectivity index (χ1) is 11.4. The molecule has 1 amide bonds. The average Bonchev–Trinajstić information content (AvgIpc) is 2.53. The molecular weight excluding hydrogens is 345 g/mol. The maximum atomic E-state index is 12.7. The Bertz CT molecular complexity index is 751. The Kier molecular flexibility index (Phi) is 4.97. The van der Waals surface area contributed by atoms with E-state index in [0.717, 1.165) is 22.5 Å². The molecule has 0 aliphatic carbocycles. The first-order valence-electron chi connectivity index (χ1n) is 7.87. The minimum atomic E-state index is 0.0802. The van der Waals surface area contributed by atoms with Crippen LogP contribution in [0.4, 0.5) is 5.82 Å². The van der Waals surface area contributed by atoms with Gasteiger partial charge in [-0.2, -0.15) is 0 Å². The summed E-state index contributed by atoms with van der Waals surface area (Å²) in [5.74, 6) is 0.802. The highest BCUT2D eigenvalue weighted by atomic mass is 35.5. The summed E-state index contributed by atoms with van der Waals surface area (Å²) in [5.41, 5.74) is 2.96. The van der Waals surface area contributed by atoms with Gasteiger partial charge in [-0.1, -0.05) is 40.4 Å². The van der Waals surface area contributed by atoms with E-state index in [9.17, 15) is 4.79 Å². The SMILES string of the molecule is Cc1cc(C)cc(C(=O)N2CCN(c3ncc(Cl)cc3Cl)CC2)c1. The van der Waals surface area contributed by atoms with Crippen molar-refractivity contribution < 1.29 is 4.79 Å². The minimum Gasteiger partial charge on any atom is -0.352 e. The van der Waals surface area contributed by atoms with Crippen molar-refractivity contribution in [1.82, 2.24) is 9.88 Å². The number of hydrogen-bond donors (Lipinski definition) is 0. The second-order valence-corrected chi connectivity index (χ2v) is 6.96. The third-order valence-corrected chi connectivity index (χ3v) is 4.61. The molecule has 4 nitrogen and oxygen atoms in total. The van der Waals surface area contributed by atoms with Crippen molar-refractivity contribution in [2.45, 2.75) is 13.8 Å². The van der Waals surface area contributed by atoms with Crippen LogP contribution < -0.4 is 4.90 Å². The van der Waals surface area contributed by atoms with Crippen molar-refractivity contribution in [1.29, 1.82) is 0 Å². The van der Waals surface area contributed by atoms with Crippen LogP contribution in [0.2, 0.25) is 10.0 Å². The number of rotatable bonds is 2. The molecule has 0 radical (unpaired) electrons. The fourth-order valence-corrected chi connectivity index (χ4v) is 3.54. The van der Waals surface area contributed by atoms with Gasteiger partial charge in [-0.15, -0.1) is 0 Å². The van der Waals surface area contributed by atoms with Crippen LogP contribution in [0.3, 0.4) is 0 Å². The first kappa shape index (κ1) is 17.1. The molecule has 0 bridgehead atoms. The van der Waals surface area contributed by atoms with Crippen molar-refractivity contribution in [3.63, 3.8) is 0 Å². The van der Waals surface area contributed by atoms with Crippen molar-refractivity contribution >= 4 is 34.9 Å². The molecule has 0 unspecified atom stereocenters. The number of amides is 1. The predicted molar refractivity (Wildman–Crippen MR) is 98.3 cm³/mol. The van der Waals surface area contributed by atoms with E-state index < -0.39 is 0 Å². The van der Waals surface area contributed by atoms with E-state index in [-0.39, 0.29) is 5.91 Å². The summed E-state index contributed by atoms with van der Waals surface area (Å²) in [7, 11) is 0. The molecule has 1 saturated heterocycles. The number of benzene rings is 1. The smallest absolute Gasteiger partial charge is 0.253 e. The van der Waals surface area contributed by atoms with Gasteiger partial charge >= 0.3 is 0 Å². The van der Waals surface area contributed by atoms with Gasteiger partial charge in [-0.3, -0.25) is 4.79 Å². The topological polar surface area (TPSA) is 36.4 Å². The van der Waals surface area contributed by atoms with Crippen LogP contribution in [0.25, 0.3) is 0 Å². The molecule has 1 aromatic carbocycles. The lowest BCUT2D eigenvalue weighted by atomic mass is 10.1. The van der Waals surface area contributed by atoms with Crippen LogP contribution >= 0.6 is 23.2 Å². The molecule has 126 valence electrons. The third-order valence-electron chi connectivity index (χ3n) is 4.12. The van der Waals surface area contributed by atoms with Crippen LogP contribution in [-0.2, 0) is 0 Å². The third kappa shape index (κ3) is 3.65. The molecule has 0 spiro atoms. The number of hydrogen-bond acceptors (Lipinski definition) is 3. The Balaban J connectivity index is 1.69. The number of aryl methyl sites for hydroxylation is 2. The Hall–Kier alpha value is -1.78. The molecule has 0 N–H and O–H groups in total. The summed E-state index contributed by atoms with van der Waals surface area (Å²) in [4.78, 5) is 21.0. The van der Waals surface area contributed by atoms with Gasteiger partial charge < -0.3 is 9.80 Å². The van der Waals surface area contributed by atoms with Crippen molar-refractivity contribution in [2.24, 2.45) is 0 Å². The quantitative estimate of drug-likeness (QED) is 0.809. The van der Waals surface area contributed by atoms with Crippen molar-refractivity contribution in [3.05, 3.63) is 57.2 Å². The largest absolute Gasteiger partial charge is 0.352 e. The highest BCUT2D eigenvalue weighted by Crippen LogP contribution is 2.27.